The van der Waals surface area contributed by atoms with Crippen LogP contribution in [-0.4, -0.2) is 33.1 Å². The van der Waals surface area contributed by atoms with Crippen molar-refractivity contribution in [3.8, 4) is 0 Å². The Bertz CT molecular complexity index is 779. The Kier molecular flexibility index (Phi) is 6.28. The molecule has 4 rings (SSSR count). The highest BCUT2D eigenvalue weighted by Gasteiger charge is 2.71. The fraction of sp³-hybridized carbons (Fsp3) is 0.933. The summed E-state index contributed by atoms with van der Waals surface area (Å²) in [5.74, 6) is 1.31. The second kappa shape index (κ2) is 8.07. The molecule has 0 aromatic rings. The van der Waals surface area contributed by atoms with Crippen LogP contribution in [0.25, 0.3) is 0 Å². The molecule has 4 aliphatic rings. The molecule has 0 bridgehead atoms. The highest BCUT2D eigenvalue weighted by Crippen LogP contribution is 2.75. The van der Waals surface area contributed by atoms with Crippen molar-refractivity contribution >= 4 is 0 Å². The summed E-state index contributed by atoms with van der Waals surface area (Å²) in [5.41, 5.74) is 0.885. The minimum Gasteiger partial charge on any atom is -0.393 e. The Hall–Kier alpha value is -0.380. The molecule has 33 heavy (non-hydrogen) atoms. The average Bonchev–Trinajstić information content (AvgIpc) is 3.08. The summed E-state index contributed by atoms with van der Waals surface area (Å²) in [6, 6.07) is 0. The van der Waals surface area contributed by atoms with Gasteiger partial charge in [-0.15, -0.1) is 0 Å². The van der Waals surface area contributed by atoms with Crippen LogP contribution in [-0.2, 0) is 0 Å². The maximum Gasteiger partial charge on any atom is 0.0654 e. The number of hydrogen-bond donors (Lipinski definition) is 3. The van der Waals surface area contributed by atoms with E-state index in [-0.39, 0.29) is 45.7 Å². The van der Waals surface area contributed by atoms with Gasteiger partial charge < -0.3 is 15.3 Å². The predicted molar refractivity (Wildman–Crippen MR) is 136 cm³/mol. The molecule has 0 aliphatic heterocycles. The molecule has 0 aromatic carbocycles. The predicted octanol–water partition coefficient (Wildman–Crippen LogP) is 6.50. The zero-order valence-electron chi connectivity index (χ0n) is 22.7. The van der Waals surface area contributed by atoms with Crippen molar-refractivity contribution in [1.82, 2.24) is 0 Å². The lowest BCUT2D eigenvalue weighted by molar-refractivity contribution is -0.246. The average molecular weight is 461 g/mol. The first-order valence-electron chi connectivity index (χ1n) is 13.8. The van der Waals surface area contributed by atoms with E-state index in [1.54, 1.807) is 0 Å². The topological polar surface area (TPSA) is 60.7 Å². The molecule has 3 unspecified atom stereocenters. The second-order valence-electron chi connectivity index (χ2n) is 14.5. The zero-order valence-corrected chi connectivity index (χ0v) is 22.7. The molecule has 0 heterocycles. The van der Waals surface area contributed by atoms with Gasteiger partial charge in [0.25, 0.3) is 0 Å². The number of hydrogen-bond acceptors (Lipinski definition) is 3. The summed E-state index contributed by atoms with van der Waals surface area (Å²) < 4.78 is 0. The molecule has 3 heteroatoms. The fourth-order valence-corrected chi connectivity index (χ4v) is 10.3. The summed E-state index contributed by atoms with van der Waals surface area (Å²) in [5, 5.41) is 34.3. The van der Waals surface area contributed by atoms with Gasteiger partial charge in [0, 0.05) is 0 Å². The summed E-state index contributed by atoms with van der Waals surface area (Å²) in [6.07, 6.45) is 10.6. The van der Waals surface area contributed by atoms with Crippen molar-refractivity contribution in [2.45, 2.75) is 131 Å². The van der Waals surface area contributed by atoms with Crippen LogP contribution in [0, 0.1) is 45.3 Å². The largest absolute Gasteiger partial charge is 0.393 e. The van der Waals surface area contributed by atoms with Crippen molar-refractivity contribution in [3.63, 3.8) is 0 Å². The van der Waals surface area contributed by atoms with E-state index in [9.17, 15) is 15.3 Å². The Morgan fingerprint density at radius 3 is 2.18 bits per heavy atom. The minimum absolute atomic E-state index is 0.0503. The highest BCUT2D eigenvalue weighted by atomic mass is 16.3. The summed E-state index contributed by atoms with van der Waals surface area (Å²) in [6.45, 7) is 18.3. The molecule has 0 aromatic heterocycles. The monoisotopic (exact) mass is 460 g/mol. The quantitative estimate of drug-likeness (QED) is 0.420. The molecular weight excluding hydrogens is 408 g/mol. The molecule has 0 saturated heterocycles. The van der Waals surface area contributed by atoms with Gasteiger partial charge in [0.1, 0.15) is 0 Å². The maximum absolute atomic E-state index is 11.8. The van der Waals surface area contributed by atoms with E-state index in [0.717, 1.165) is 44.9 Å². The van der Waals surface area contributed by atoms with Crippen LogP contribution in [0.1, 0.15) is 113 Å². The summed E-state index contributed by atoms with van der Waals surface area (Å²) in [4.78, 5) is 0. The Labute approximate surface area is 203 Å². The van der Waals surface area contributed by atoms with Crippen molar-refractivity contribution in [2.75, 3.05) is 0 Å². The zero-order chi connectivity index (χ0) is 24.6. The normalized spacial score (nSPS) is 50.5. The Morgan fingerprint density at radius 2 is 1.55 bits per heavy atom. The van der Waals surface area contributed by atoms with E-state index >= 15 is 0 Å². The van der Waals surface area contributed by atoms with Crippen LogP contribution in [0.5, 0.6) is 0 Å². The first-order chi connectivity index (χ1) is 15.1. The van der Waals surface area contributed by atoms with E-state index < -0.39 is 5.60 Å². The van der Waals surface area contributed by atoms with Crippen molar-refractivity contribution in [3.05, 3.63) is 11.6 Å². The molecule has 10 atom stereocenters. The van der Waals surface area contributed by atoms with Gasteiger partial charge in [-0.25, -0.2) is 0 Å². The van der Waals surface area contributed by atoms with Crippen LogP contribution >= 0.6 is 0 Å². The molecule has 4 fully saturated rings. The van der Waals surface area contributed by atoms with Gasteiger partial charge in [-0.05, 0) is 124 Å². The molecule has 3 nitrogen and oxygen atoms in total. The molecule has 0 amide bonds. The van der Waals surface area contributed by atoms with Gasteiger partial charge >= 0.3 is 0 Å². The lowest BCUT2D eigenvalue weighted by Crippen LogP contribution is -2.66. The van der Waals surface area contributed by atoms with E-state index in [0.29, 0.717) is 11.8 Å². The van der Waals surface area contributed by atoms with Crippen LogP contribution < -0.4 is 0 Å². The SMILES string of the molecule is CC(C)=CCC[C@](C)(O)[C@H]1CC[C@@]2(C)[C@@H]1C(O)C[C@@H]1[C@@]3(C)CCC(O)C(C)(C)C3CC[C@]12C. The van der Waals surface area contributed by atoms with Crippen molar-refractivity contribution in [2.24, 2.45) is 45.3 Å². The van der Waals surface area contributed by atoms with Crippen molar-refractivity contribution < 1.29 is 15.3 Å². The smallest absolute Gasteiger partial charge is 0.0654 e. The lowest BCUT2D eigenvalue weighted by atomic mass is 9.35. The van der Waals surface area contributed by atoms with E-state index in [4.69, 9.17) is 0 Å². The molecular formula is C30H52O3. The third-order valence-corrected chi connectivity index (χ3v) is 12.4. The minimum atomic E-state index is -0.739. The number of aliphatic hydroxyl groups excluding tert-OH is 2. The first kappa shape index (κ1) is 25.7. The lowest BCUT2D eigenvalue weighted by Gasteiger charge is -2.70. The standard InChI is InChI=1S/C30H52O3/c1-19(2)10-9-14-30(8,33)20-11-16-29(7)25(20)21(31)18-23-27(5)15-13-24(32)26(3,4)22(27)12-17-28(23,29)6/h10,20-25,31-33H,9,11-18H2,1-8H3/t20-,21?,22?,23+,24?,25-,27-,28+,29-,30-/m0/s1. The van der Waals surface area contributed by atoms with Crippen LogP contribution in [0.2, 0.25) is 0 Å². The van der Waals surface area contributed by atoms with Gasteiger partial charge in [0.05, 0.1) is 17.8 Å². The number of aliphatic hydroxyl groups is 3. The van der Waals surface area contributed by atoms with Crippen LogP contribution in [0.4, 0.5) is 0 Å². The molecule has 3 N–H and O–H groups in total. The second-order valence-corrected chi connectivity index (χ2v) is 14.5. The Morgan fingerprint density at radius 1 is 0.909 bits per heavy atom. The van der Waals surface area contributed by atoms with Crippen molar-refractivity contribution in [1.29, 1.82) is 0 Å². The molecule has 4 saturated carbocycles. The van der Waals surface area contributed by atoms with Crippen LogP contribution in [0.3, 0.4) is 0 Å². The van der Waals surface area contributed by atoms with E-state index in [1.807, 2.05) is 6.92 Å². The number of fused-ring (bicyclic) bond motifs is 5. The molecule has 0 spiro atoms. The molecule has 4 aliphatic carbocycles. The third kappa shape index (κ3) is 3.61. The van der Waals surface area contributed by atoms with E-state index in [1.165, 1.54) is 18.4 Å². The summed E-state index contributed by atoms with van der Waals surface area (Å²) >= 11 is 0. The van der Waals surface area contributed by atoms with Crippen LogP contribution in [0.15, 0.2) is 11.6 Å². The Balaban J connectivity index is 1.66. The summed E-state index contributed by atoms with van der Waals surface area (Å²) in [7, 11) is 0. The highest BCUT2D eigenvalue weighted by molar-refractivity contribution is 5.20. The van der Waals surface area contributed by atoms with Gasteiger partial charge in [-0.1, -0.05) is 46.3 Å². The third-order valence-electron chi connectivity index (χ3n) is 12.4. The molecule has 0 radical (unpaired) electrons. The maximum atomic E-state index is 11.8. The first-order valence-corrected chi connectivity index (χ1v) is 13.8. The number of rotatable bonds is 4. The fourth-order valence-electron chi connectivity index (χ4n) is 10.3. The van der Waals surface area contributed by atoms with Gasteiger partial charge in [-0.2, -0.15) is 0 Å². The van der Waals surface area contributed by atoms with Gasteiger partial charge in [0.2, 0.25) is 0 Å². The van der Waals surface area contributed by atoms with Gasteiger partial charge in [0.15, 0.2) is 0 Å². The van der Waals surface area contributed by atoms with Gasteiger partial charge in [-0.3, -0.25) is 0 Å². The van der Waals surface area contributed by atoms with E-state index in [2.05, 4.69) is 54.5 Å². The number of allylic oxidation sites excluding steroid dienone is 2. The molecule has 190 valence electrons.